The van der Waals surface area contributed by atoms with Crippen LogP contribution in [0, 0.1) is 10.8 Å². The van der Waals surface area contributed by atoms with Gasteiger partial charge < -0.3 is 0 Å². The second-order valence-corrected chi connectivity index (χ2v) is 5.94. The average Bonchev–Trinajstić information content (AvgIpc) is 2.22. The van der Waals surface area contributed by atoms with Crippen molar-refractivity contribution >= 4 is 11.8 Å². The molecule has 1 N–H and O–H groups in total. The number of likely N-dealkylation sites (N-methyl/N-ethyl adjacent to an activating group) is 1. The Morgan fingerprint density at radius 2 is 1.50 bits per heavy atom. The number of hydrogen-bond donors (Lipinski definition) is 1. The summed E-state index contributed by atoms with van der Waals surface area (Å²) in [6.07, 6.45) is 0. The van der Waals surface area contributed by atoms with Crippen LogP contribution < -0.4 is 5.31 Å². The minimum absolute atomic E-state index is 0.438. The molecule has 0 aliphatic carbocycles. The van der Waals surface area contributed by atoms with E-state index in [-0.39, 0.29) is 0 Å². The molecule has 4 heteroatoms. The third-order valence-corrected chi connectivity index (χ3v) is 4.83. The van der Waals surface area contributed by atoms with E-state index in [1.54, 1.807) is 39.8 Å². The van der Waals surface area contributed by atoms with Crippen molar-refractivity contribution in [3.8, 4) is 0 Å². The standard InChI is InChI=1S/C12H22N2O2/c1-10(2)8(15)13-9(16)12(5,14(6)7)11(10,3)4/h1-7H3,(H,13,15,16)/t12-/m1/s1/i/hD. The van der Waals surface area contributed by atoms with E-state index in [0.717, 1.165) is 0 Å². The third-order valence-electron chi connectivity index (χ3n) is 4.83. The number of amides is 2. The number of nitrogens with one attached hydrogen (secondary N) is 1. The lowest BCUT2D eigenvalue weighted by Crippen LogP contribution is -2.73. The summed E-state index contributed by atoms with van der Waals surface area (Å²) < 4.78 is 7.67. The normalized spacial score (nSPS) is 34.2. The molecular weight excluding hydrogens is 204 g/mol. The first-order valence-electron chi connectivity index (χ1n) is 5.92. The first-order valence-corrected chi connectivity index (χ1v) is 5.47. The van der Waals surface area contributed by atoms with Crippen molar-refractivity contribution in [2.24, 2.45) is 10.8 Å². The van der Waals surface area contributed by atoms with Gasteiger partial charge in [0.2, 0.25) is 11.8 Å². The maximum absolute atomic E-state index is 12.3. The molecular formula is C12H22N2O2. The first kappa shape index (κ1) is 11.6. The molecule has 1 aliphatic rings. The Kier molecular flexibility index (Phi) is 2.38. The Morgan fingerprint density at radius 1 is 1.06 bits per heavy atom. The van der Waals surface area contributed by atoms with E-state index in [9.17, 15) is 9.59 Å². The van der Waals surface area contributed by atoms with Gasteiger partial charge in [-0.15, -0.1) is 0 Å². The number of hydrogen-bond acceptors (Lipinski definition) is 3. The monoisotopic (exact) mass is 227 g/mol. The Bertz CT molecular complexity index is 377. The summed E-state index contributed by atoms with van der Waals surface area (Å²) in [4.78, 5) is 26.2. The zero-order valence-electron chi connectivity index (χ0n) is 12.2. The Labute approximate surface area is 98.8 Å². The molecule has 2 amide bonds. The molecule has 0 unspecified atom stereocenters. The third kappa shape index (κ3) is 1.25. The molecule has 0 aromatic carbocycles. The molecule has 1 rings (SSSR count). The molecule has 4 nitrogen and oxygen atoms in total. The summed E-state index contributed by atoms with van der Waals surface area (Å²) in [6.45, 7) is 9.22. The van der Waals surface area contributed by atoms with Crippen LogP contribution in [0.2, 0.25) is 1.41 Å². The molecule has 16 heavy (non-hydrogen) atoms. The number of piperidine rings is 1. The van der Waals surface area contributed by atoms with Crippen LogP contribution in [0.25, 0.3) is 0 Å². The Morgan fingerprint density at radius 3 is 1.88 bits per heavy atom. The summed E-state index contributed by atoms with van der Waals surface area (Å²) in [5.41, 5.74) is -2.19. The zero-order chi connectivity index (χ0) is 13.8. The van der Waals surface area contributed by atoms with E-state index >= 15 is 0 Å². The quantitative estimate of drug-likeness (QED) is 0.680. The molecule has 0 bridgehead atoms. The van der Waals surface area contributed by atoms with Crippen LogP contribution in [0.15, 0.2) is 0 Å². The van der Waals surface area contributed by atoms with Crippen LogP contribution in [-0.4, -0.2) is 36.3 Å². The summed E-state index contributed by atoms with van der Waals surface area (Å²) in [5.74, 6) is -0.899. The van der Waals surface area contributed by atoms with E-state index in [0.29, 0.717) is 5.31 Å². The highest BCUT2D eigenvalue weighted by molar-refractivity contribution is 6.06. The van der Waals surface area contributed by atoms with Crippen molar-refractivity contribution in [3.05, 3.63) is 0 Å². The van der Waals surface area contributed by atoms with Gasteiger partial charge in [0.25, 0.3) is 0 Å². The van der Waals surface area contributed by atoms with Gasteiger partial charge in [-0.3, -0.25) is 19.8 Å². The lowest BCUT2D eigenvalue weighted by Gasteiger charge is -2.57. The van der Waals surface area contributed by atoms with Crippen LogP contribution in [0.1, 0.15) is 34.6 Å². The first-order chi connectivity index (χ1) is 7.42. The van der Waals surface area contributed by atoms with Crippen molar-refractivity contribution in [2.45, 2.75) is 40.2 Å². The van der Waals surface area contributed by atoms with Gasteiger partial charge in [-0.2, -0.15) is 0 Å². The van der Waals surface area contributed by atoms with Gasteiger partial charge in [-0.05, 0) is 21.0 Å². The SMILES string of the molecule is [2H]N1C(=O)C(C)(C)C(C)(C)[C@](C)(N(C)C)C1=O. The summed E-state index contributed by atoms with van der Waals surface area (Å²) >= 11 is 0. The molecule has 92 valence electrons. The number of carbonyl (C=O) groups is 2. The topological polar surface area (TPSA) is 49.4 Å². The Balaban J connectivity index is 3.51. The van der Waals surface area contributed by atoms with E-state index in [2.05, 4.69) is 0 Å². The smallest absolute Gasteiger partial charge is 0.247 e. The van der Waals surface area contributed by atoms with Crippen molar-refractivity contribution in [3.63, 3.8) is 0 Å². The molecule has 1 heterocycles. The van der Waals surface area contributed by atoms with Gasteiger partial charge >= 0.3 is 0 Å². The maximum atomic E-state index is 12.3. The lowest BCUT2D eigenvalue weighted by molar-refractivity contribution is -0.168. The van der Waals surface area contributed by atoms with Gasteiger partial charge in [0.05, 0.1) is 5.41 Å². The van der Waals surface area contributed by atoms with Crippen molar-refractivity contribution in [1.29, 1.82) is 0 Å². The predicted octanol–water partition coefficient (Wildman–Crippen LogP) is 1.02. The van der Waals surface area contributed by atoms with Crippen LogP contribution >= 0.6 is 0 Å². The summed E-state index contributed by atoms with van der Waals surface area (Å²) in [5, 5.41) is 0.519. The zero-order valence-corrected chi connectivity index (χ0v) is 11.2. The predicted molar refractivity (Wildman–Crippen MR) is 62.8 cm³/mol. The van der Waals surface area contributed by atoms with Crippen LogP contribution in [0.5, 0.6) is 0 Å². The number of nitrogens with zero attached hydrogens (tertiary/aromatic N) is 1. The molecule has 1 fully saturated rings. The van der Waals surface area contributed by atoms with E-state index < -0.39 is 28.2 Å². The average molecular weight is 227 g/mol. The number of imide groups is 1. The number of carbonyl (C=O) groups excluding carboxylic acids is 2. The van der Waals surface area contributed by atoms with Crippen molar-refractivity contribution in [2.75, 3.05) is 14.1 Å². The highest BCUT2D eigenvalue weighted by Crippen LogP contribution is 2.51. The lowest BCUT2D eigenvalue weighted by atomic mass is 9.54. The molecule has 0 saturated carbocycles. The van der Waals surface area contributed by atoms with E-state index in [1.165, 1.54) is 0 Å². The highest BCUT2D eigenvalue weighted by atomic mass is 16.2. The second-order valence-electron chi connectivity index (χ2n) is 5.94. The van der Waals surface area contributed by atoms with Crippen LogP contribution in [0.4, 0.5) is 0 Å². The summed E-state index contributed by atoms with van der Waals surface area (Å²) in [7, 11) is 3.61. The molecule has 0 spiro atoms. The molecule has 0 radical (unpaired) electrons. The largest absolute Gasteiger partial charge is 0.295 e. The van der Waals surface area contributed by atoms with Gasteiger partial charge in [0.15, 0.2) is 1.41 Å². The molecule has 0 aromatic rings. The van der Waals surface area contributed by atoms with Gasteiger partial charge in [-0.25, -0.2) is 0 Å². The highest BCUT2D eigenvalue weighted by Gasteiger charge is 2.62. The Hall–Kier alpha value is -0.900. The second kappa shape index (κ2) is 3.29. The summed E-state index contributed by atoms with van der Waals surface area (Å²) in [6, 6.07) is 0. The van der Waals surface area contributed by atoms with E-state index in [1.807, 2.05) is 13.8 Å². The fourth-order valence-electron chi connectivity index (χ4n) is 2.23. The fraction of sp³-hybridized carbons (Fsp3) is 0.833. The van der Waals surface area contributed by atoms with Gasteiger partial charge in [0, 0.05) is 5.41 Å². The molecule has 0 aromatic heterocycles. The maximum Gasteiger partial charge on any atom is 0.247 e. The minimum Gasteiger partial charge on any atom is -0.295 e. The van der Waals surface area contributed by atoms with Gasteiger partial charge in [-0.1, -0.05) is 27.7 Å². The number of rotatable bonds is 1. The van der Waals surface area contributed by atoms with Crippen LogP contribution in [0.3, 0.4) is 0 Å². The fourth-order valence-corrected chi connectivity index (χ4v) is 2.23. The molecule has 1 aliphatic heterocycles. The minimum atomic E-state index is -0.869. The molecule has 1 atom stereocenters. The van der Waals surface area contributed by atoms with Crippen LogP contribution in [-0.2, 0) is 9.59 Å². The van der Waals surface area contributed by atoms with E-state index in [4.69, 9.17) is 1.41 Å². The molecule has 1 saturated heterocycles. The van der Waals surface area contributed by atoms with Crippen molar-refractivity contribution < 1.29 is 11.0 Å². The van der Waals surface area contributed by atoms with Gasteiger partial charge in [0.1, 0.15) is 5.54 Å². The van der Waals surface area contributed by atoms with Crippen molar-refractivity contribution in [1.82, 2.24) is 10.2 Å².